The minimum atomic E-state index is -3.74. The molecule has 2 aromatic rings. The van der Waals surface area contributed by atoms with E-state index in [2.05, 4.69) is 5.32 Å². The second kappa shape index (κ2) is 8.32. The van der Waals surface area contributed by atoms with E-state index in [0.29, 0.717) is 25.1 Å². The molecule has 1 amide bonds. The zero-order valence-electron chi connectivity index (χ0n) is 16.4. The van der Waals surface area contributed by atoms with Gasteiger partial charge in [-0.2, -0.15) is 4.31 Å². The lowest BCUT2D eigenvalue weighted by Crippen LogP contribution is -2.43. The minimum absolute atomic E-state index is 0.148. The predicted octanol–water partition coefficient (Wildman–Crippen LogP) is 3.35. The van der Waals surface area contributed by atoms with Crippen molar-refractivity contribution in [2.24, 2.45) is 5.92 Å². The van der Waals surface area contributed by atoms with Gasteiger partial charge in [0.25, 0.3) is 0 Å². The fraction of sp³-hybridized carbons (Fsp3) is 0.381. The van der Waals surface area contributed by atoms with Crippen molar-refractivity contribution in [3.05, 3.63) is 53.6 Å². The van der Waals surface area contributed by atoms with Crippen LogP contribution in [0.15, 0.2) is 47.4 Å². The van der Waals surface area contributed by atoms with Crippen molar-refractivity contribution < 1.29 is 17.9 Å². The van der Waals surface area contributed by atoms with E-state index in [1.165, 1.54) is 11.4 Å². The number of benzene rings is 2. The van der Waals surface area contributed by atoms with Crippen molar-refractivity contribution >= 4 is 21.6 Å². The highest BCUT2D eigenvalue weighted by molar-refractivity contribution is 7.89. The number of sulfonamides is 1. The second-order valence-corrected chi connectivity index (χ2v) is 9.12. The standard InChI is InChI=1S/C21H26N2O4S/c1-15-6-9-18(10-7-15)22-21(24)17-5-4-12-23(14-17)28(25,26)20-13-16(2)8-11-19(20)27-3/h6-11,13,17H,4-5,12,14H2,1-3H3,(H,22,24)/t17-/m0/s1. The van der Waals surface area contributed by atoms with Crippen LogP contribution in [0.25, 0.3) is 0 Å². The monoisotopic (exact) mass is 402 g/mol. The van der Waals surface area contributed by atoms with Gasteiger partial charge in [-0.25, -0.2) is 8.42 Å². The Hall–Kier alpha value is -2.38. The molecule has 0 bridgehead atoms. The lowest BCUT2D eigenvalue weighted by Gasteiger charge is -2.31. The molecule has 1 atom stereocenters. The minimum Gasteiger partial charge on any atom is -0.495 e. The third-order valence-electron chi connectivity index (χ3n) is 5.01. The summed E-state index contributed by atoms with van der Waals surface area (Å²) < 4.78 is 33.0. The average molecular weight is 403 g/mol. The lowest BCUT2D eigenvalue weighted by atomic mass is 9.98. The highest BCUT2D eigenvalue weighted by atomic mass is 32.2. The van der Waals surface area contributed by atoms with Crippen LogP contribution in [0.4, 0.5) is 5.69 Å². The topological polar surface area (TPSA) is 75.7 Å². The van der Waals surface area contributed by atoms with Crippen LogP contribution in [0, 0.1) is 19.8 Å². The average Bonchev–Trinajstić information content (AvgIpc) is 2.69. The Morgan fingerprint density at radius 2 is 1.79 bits per heavy atom. The number of hydrogen-bond acceptors (Lipinski definition) is 4. The van der Waals surface area contributed by atoms with Crippen LogP contribution >= 0.6 is 0 Å². The summed E-state index contributed by atoms with van der Waals surface area (Å²) in [6.07, 6.45) is 1.30. The van der Waals surface area contributed by atoms with Gasteiger partial charge in [-0.15, -0.1) is 0 Å². The number of rotatable bonds is 5. The molecule has 28 heavy (non-hydrogen) atoms. The first-order chi connectivity index (χ1) is 13.3. The van der Waals surface area contributed by atoms with Crippen LogP contribution in [0.1, 0.15) is 24.0 Å². The van der Waals surface area contributed by atoms with Crippen molar-refractivity contribution in [3.8, 4) is 5.75 Å². The molecule has 6 nitrogen and oxygen atoms in total. The summed E-state index contributed by atoms with van der Waals surface area (Å²) in [5.41, 5.74) is 2.67. The van der Waals surface area contributed by atoms with Gasteiger partial charge >= 0.3 is 0 Å². The first kappa shape index (κ1) is 20.4. The number of methoxy groups -OCH3 is 1. The summed E-state index contributed by atoms with van der Waals surface area (Å²) in [5.74, 6) is -0.225. The van der Waals surface area contributed by atoms with Gasteiger partial charge in [0.15, 0.2) is 0 Å². The Kier molecular flexibility index (Phi) is 6.05. The SMILES string of the molecule is COc1ccc(C)cc1S(=O)(=O)N1CCC[C@H](C(=O)Nc2ccc(C)cc2)C1. The molecule has 0 aromatic heterocycles. The van der Waals surface area contributed by atoms with Crippen molar-refractivity contribution in [1.82, 2.24) is 4.31 Å². The van der Waals surface area contributed by atoms with E-state index >= 15 is 0 Å². The Bertz CT molecular complexity index is 955. The van der Waals surface area contributed by atoms with Crippen LogP contribution < -0.4 is 10.1 Å². The molecule has 0 saturated carbocycles. The van der Waals surface area contributed by atoms with Crippen LogP contribution in [-0.2, 0) is 14.8 Å². The number of hydrogen-bond donors (Lipinski definition) is 1. The van der Waals surface area contributed by atoms with E-state index in [9.17, 15) is 13.2 Å². The molecular weight excluding hydrogens is 376 g/mol. The maximum atomic E-state index is 13.2. The molecular formula is C21H26N2O4S. The molecule has 1 N–H and O–H groups in total. The zero-order valence-corrected chi connectivity index (χ0v) is 17.3. The van der Waals surface area contributed by atoms with Crippen LogP contribution in [0.2, 0.25) is 0 Å². The van der Waals surface area contributed by atoms with E-state index in [0.717, 1.165) is 16.8 Å². The van der Waals surface area contributed by atoms with Gasteiger partial charge in [-0.1, -0.05) is 23.8 Å². The van der Waals surface area contributed by atoms with Crippen molar-refractivity contribution in [2.75, 3.05) is 25.5 Å². The fourth-order valence-electron chi connectivity index (χ4n) is 3.38. The van der Waals surface area contributed by atoms with E-state index < -0.39 is 10.0 Å². The smallest absolute Gasteiger partial charge is 0.246 e. The van der Waals surface area contributed by atoms with Crippen molar-refractivity contribution in [3.63, 3.8) is 0 Å². The lowest BCUT2D eigenvalue weighted by molar-refractivity contribution is -0.120. The number of amides is 1. The second-order valence-electron chi connectivity index (χ2n) is 7.21. The normalized spacial score (nSPS) is 17.9. The number of anilines is 1. The number of carbonyl (C=O) groups is 1. The molecule has 7 heteroatoms. The maximum Gasteiger partial charge on any atom is 0.246 e. The van der Waals surface area contributed by atoms with E-state index in [1.54, 1.807) is 12.1 Å². The maximum absolute atomic E-state index is 13.2. The van der Waals surface area contributed by atoms with Crippen molar-refractivity contribution in [2.45, 2.75) is 31.6 Å². The molecule has 150 valence electrons. The van der Waals surface area contributed by atoms with Gasteiger partial charge in [0, 0.05) is 18.8 Å². The quantitative estimate of drug-likeness (QED) is 0.832. The Labute approximate surface area is 166 Å². The Morgan fingerprint density at radius 3 is 2.46 bits per heavy atom. The molecule has 0 spiro atoms. The van der Waals surface area contributed by atoms with Gasteiger partial charge in [0.1, 0.15) is 10.6 Å². The van der Waals surface area contributed by atoms with Gasteiger partial charge in [0.2, 0.25) is 15.9 Å². The van der Waals surface area contributed by atoms with E-state index in [1.807, 2.05) is 44.2 Å². The summed E-state index contributed by atoms with van der Waals surface area (Å²) in [7, 11) is -2.29. The number of nitrogens with zero attached hydrogens (tertiary/aromatic N) is 1. The summed E-state index contributed by atoms with van der Waals surface area (Å²) >= 11 is 0. The summed E-state index contributed by atoms with van der Waals surface area (Å²) in [5, 5.41) is 2.90. The summed E-state index contributed by atoms with van der Waals surface area (Å²) in [6, 6.07) is 12.6. The number of piperidine rings is 1. The Morgan fingerprint density at radius 1 is 1.11 bits per heavy atom. The van der Waals surface area contributed by atoms with Gasteiger partial charge in [-0.05, 0) is 56.5 Å². The van der Waals surface area contributed by atoms with E-state index in [-0.39, 0.29) is 23.3 Å². The first-order valence-electron chi connectivity index (χ1n) is 9.33. The predicted molar refractivity (Wildman–Crippen MR) is 109 cm³/mol. The molecule has 2 aromatic carbocycles. The molecule has 0 aliphatic carbocycles. The van der Waals surface area contributed by atoms with Crippen LogP contribution in [0.3, 0.4) is 0 Å². The third-order valence-corrected chi connectivity index (χ3v) is 6.90. The number of carbonyl (C=O) groups excluding carboxylic acids is 1. The number of aryl methyl sites for hydroxylation is 2. The van der Waals surface area contributed by atoms with Crippen molar-refractivity contribution in [1.29, 1.82) is 0 Å². The van der Waals surface area contributed by atoms with Crippen LogP contribution in [-0.4, -0.2) is 38.8 Å². The number of ether oxygens (including phenoxy) is 1. The molecule has 1 aliphatic rings. The van der Waals surface area contributed by atoms with E-state index in [4.69, 9.17) is 4.74 Å². The largest absolute Gasteiger partial charge is 0.495 e. The molecule has 0 radical (unpaired) electrons. The van der Waals surface area contributed by atoms with Crippen LogP contribution in [0.5, 0.6) is 5.75 Å². The highest BCUT2D eigenvalue weighted by Crippen LogP contribution is 2.31. The third kappa shape index (κ3) is 4.36. The molecule has 1 aliphatic heterocycles. The molecule has 1 heterocycles. The molecule has 3 rings (SSSR count). The van der Waals surface area contributed by atoms with Gasteiger partial charge in [-0.3, -0.25) is 4.79 Å². The molecule has 1 saturated heterocycles. The highest BCUT2D eigenvalue weighted by Gasteiger charge is 2.34. The fourth-order valence-corrected chi connectivity index (χ4v) is 5.14. The summed E-state index contributed by atoms with van der Waals surface area (Å²) in [6.45, 7) is 4.38. The van der Waals surface area contributed by atoms with Gasteiger partial charge < -0.3 is 10.1 Å². The first-order valence-corrected chi connectivity index (χ1v) is 10.8. The molecule has 1 fully saturated rings. The van der Waals surface area contributed by atoms with Gasteiger partial charge in [0.05, 0.1) is 13.0 Å². The Balaban J connectivity index is 1.78. The summed E-state index contributed by atoms with van der Waals surface area (Å²) in [4.78, 5) is 12.8. The number of nitrogens with one attached hydrogen (secondary N) is 1. The molecule has 0 unspecified atom stereocenters. The zero-order chi connectivity index (χ0) is 20.3.